The summed E-state index contributed by atoms with van der Waals surface area (Å²) in [5, 5.41) is 0.469. The lowest BCUT2D eigenvalue weighted by atomic mass is 9.96. The van der Waals surface area contributed by atoms with Crippen LogP contribution in [-0.4, -0.2) is 0 Å². The van der Waals surface area contributed by atoms with Gasteiger partial charge in [0.25, 0.3) is 0 Å². The Morgan fingerprint density at radius 2 is 1.79 bits per heavy atom. The van der Waals surface area contributed by atoms with E-state index in [4.69, 9.17) is 28.8 Å². The number of hydrogen-bond donors (Lipinski definition) is 3. The van der Waals surface area contributed by atoms with E-state index in [-0.39, 0.29) is 6.04 Å². The summed E-state index contributed by atoms with van der Waals surface area (Å²) in [6.07, 6.45) is 0. The van der Waals surface area contributed by atoms with Crippen molar-refractivity contribution in [1.82, 2.24) is 0 Å². The molecule has 0 spiro atoms. The number of anilines is 2. The molecule has 0 aliphatic carbocycles. The van der Waals surface area contributed by atoms with Crippen molar-refractivity contribution < 1.29 is 0 Å². The zero-order valence-electron chi connectivity index (χ0n) is 8.42. The third-order valence-electron chi connectivity index (χ3n) is 2.29. The number of rotatable bonds is 2. The Labute approximate surface area is 89.2 Å². The molecule has 0 radical (unpaired) electrons. The predicted octanol–water partition coefficient (Wildman–Crippen LogP) is 2.16. The molecule has 1 atom stereocenters. The van der Waals surface area contributed by atoms with Gasteiger partial charge in [-0.3, -0.25) is 0 Å². The monoisotopic (exact) mass is 213 g/mol. The van der Waals surface area contributed by atoms with E-state index in [0.29, 0.717) is 22.3 Å². The van der Waals surface area contributed by atoms with Crippen LogP contribution in [0.5, 0.6) is 0 Å². The SMILES string of the molecule is CC(C)[C@@H](N)c1cc(N)c(N)c(Cl)c1. The number of nitrogens with two attached hydrogens (primary N) is 3. The number of hydrogen-bond acceptors (Lipinski definition) is 3. The molecule has 0 amide bonds. The normalized spacial score (nSPS) is 13.2. The lowest BCUT2D eigenvalue weighted by molar-refractivity contribution is 0.514. The van der Waals surface area contributed by atoms with E-state index in [1.165, 1.54) is 0 Å². The highest BCUT2D eigenvalue weighted by atomic mass is 35.5. The highest BCUT2D eigenvalue weighted by Crippen LogP contribution is 2.30. The number of nitrogen functional groups attached to an aromatic ring is 2. The van der Waals surface area contributed by atoms with Crippen LogP contribution in [0, 0.1) is 5.92 Å². The van der Waals surface area contributed by atoms with Crippen LogP contribution in [0.2, 0.25) is 5.02 Å². The molecular weight excluding hydrogens is 198 g/mol. The quantitative estimate of drug-likeness (QED) is 0.659. The molecule has 3 nitrogen and oxygen atoms in total. The highest BCUT2D eigenvalue weighted by molar-refractivity contribution is 6.33. The first kappa shape index (κ1) is 11.1. The van der Waals surface area contributed by atoms with Crippen molar-refractivity contribution >= 4 is 23.0 Å². The summed E-state index contributed by atoms with van der Waals surface area (Å²) in [5.74, 6) is 0.342. The lowest BCUT2D eigenvalue weighted by Crippen LogP contribution is -2.17. The van der Waals surface area contributed by atoms with Crippen LogP contribution in [0.15, 0.2) is 12.1 Å². The molecule has 1 aromatic carbocycles. The minimum absolute atomic E-state index is 0.0598. The van der Waals surface area contributed by atoms with Crippen molar-refractivity contribution in [3.8, 4) is 0 Å². The van der Waals surface area contributed by atoms with Crippen LogP contribution in [-0.2, 0) is 0 Å². The molecule has 4 heteroatoms. The smallest absolute Gasteiger partial charge is 0.0737 e. The molecule has 0 aliphatic heterocycles. The van der Waals surface area contributed by atoms with E-state index in [2.05, 4.69) is 0 Å². The third kappa shape index (κ3) is 2.11. The Kier molecular flexibility index (Phi) is 3.24. The van der Waals surface area contributed by atoms with Gasteiger partial charge in [-0.25, -0.2) is 0 Å². The molecule has 1 rings (SSSR count). The van der Waals surface area contributed by atoms with Gasteiger partial charge in [0.1, 0.15) is 0 Å². The van der Waals surface area contributed by atoms with Gasteiger partial charge in [-0.15, -0.1) is 0 Å². The molecule has 0 fully saturated rings. The molecule has 0 aromatic heterocycles. The van der Waals surface area contributed by atoms with E-state index in [1.807, 2.05) is 13.8 Å². The van der Waals surface area contributed by atoms with Crippen LogP contribution in [0.3, 0.4) is 0 Å². The van der Waals surface area contributed by atoms with E-state index in [9.17, 15) is 0 Å². The summed E-state index contributed by atoms with van der Waals surface area (Å²) in [7, 11) is 0. The minimum Gasteiger partial charge on any atom is -0.397 e. The van der Waals surface area contributed by atoms with Crippen LogP contribution >= 0.6 is 11.6 Å². The second-order valence-corrected chi connectivity index (χ2v) is 4.18. The first-order valence-electron chi connectivity index (χ1n) is 4.53. The van der Waals surface area contributed by atoms with E-state index in [1.54, 1.807) is 12.1 Å². The van der Waals surface area contributed by atoms with Crippen LogP contribution in [0.25, 0.3) is 0 Å². The summed E-state index contributed by atoms with van der Waals surface area (Å²) in [5.41, 5.74) is 19.1. The average molecular weight is 214 g/mol. The Hall–Kier alpha value is -0.930. The van der Waals surface area contributed by atoms with Gasteiger partial charge in [0.15, 0.2) is 0 Å². The van der Waals surface area contributed by atoms with Crippen molar-refractivity contribution in [3.05, 3.63) is 22.7 Å². The van der Waals surface area contributed by atoms with Gasteiger partial charge in [0.2, 0.25) is 0 Å². The fraction of sp³-hybridized carbons (Fsp3) is 0.400. The molecule has 6 N–H and O–H groups in total. The molecule has 0 heterocycles. The molecule has 1 aromatic rings. The van der Waals surface area contributed by atoms with Gasteiger partial charge in [-0.1, -0.05) is 25.4 Å². The summed E-state index contributed by atoms with van der Waals surface area (Å²) in [4.78, 5) is 0. The molecule has 0 aliphatic rings. The maximum atomic E-state index is 5.97. The second kappa shape index (κ2) is 4.07. The first-order valence-corrected chi connectivity index (χ1v) is 4.91. The molecule has 0 saturated heterocycles. The molecule has 0 bridgehead atoms. The lowest BCUT2D eigenvalue weighted by Gasteiger charge is -2.17. The van der Waals surface area contributed by atoms with E-state index < -0.39 is 0 Å². The Balaban J connectivity index is 3.12. The Bertz CT molecular complexity index is 313. The van der Waals surface area contributed by atoms with Crippen molar-refractivity contribution in [3.63, 3.8) is 0 Å². The largest absolute Gasteiger partial charge is 0.397 e. The number of halogens is 1. The molecule has 0 saturated carbocycles. The zero-order chi connectivity index (χ0) is 10.9. The zero-order valence-corrected chi connectivity index (χ0v) is 9.18. The van der Waals surface area contributed by atoms with Crippen molar-refractivity contribution in [2.24, 2.45) is 11.7 Å². The highest BCUT2D eigenvalue weighted by Gasteiger charge is 2.13. The summed E-state index contributed by atoms with van der Waals surface area (Å²) in [6, 6.07) is 3.50. The van der Waals surface area contributed by atoms with E-state index >= 15 is 0 Å². The number of benzene rings is 1. The van der Waals surface area contributed by atoms with Crippen molar-refractivity contribution in [2.75, 3.05) is 11.5 Å². The van der Waals surface area contributed by atoms with Gasteiger partial charge in [0, 0.05) is 6.04 Å². The molecular formula is C10H16ClN3. The second-order valence-electron chi connectivity index (χ2n) is 3.78. The van der Waals surface area contributed by atoms with Gasteiger partial charge in [-0.05, 0) is 23.6 Å². The third-order valence-corrected chi connectivity index (χ3v) is 2.60. The summed E-state index contributed by atoms with van der Waals surface area (Å²) in [6.45, 7) is 4.09. The Morgan fingerprint density at radius 1 is 1.21 bits per heavy atom. The minimum atomic E-state index is -0.0598. The maximum absolute atomic E-state index is 5.97. The van der Waals surface area contributed by atoms with Crippen molar-refractivity contribution in [2.45, 2.75) is 19.9 Å². The van der Waals surface area contributed by atoms with Crippen LogP contribution in [0.1, 0.15) is 25.5 Å². The fourth-order valence-corrected chi connectivity index (χ4v) is 1.47. The molecule has 14 heavy (non-hydrogen) atoms. The van der Waals surface area contributed by atoms with Crippen LogP contribution < -0.4 is 17.2 Å². The summed E-state index contributed by atoms with van der Waals surface area (Å²) < 4.78 is 0. The molecule has 78 valence electrons. The standard InChI is InChI=1S/C10H16ClN3/c1-5(2)9(13)6-3-7(11)10(14)8(12)4-6/h3-5,9H,12-14H2,1-2H3/t9-/m1/s1. The van der Waals surface area contributed by atoms with Gasteiger partial charge < -0.3 is 17.2 Å². The van der Waals surface area contributed by atoms with Gasteiger partial charge >= 0.3 is 0 Å². The summed E-state index contributed by atoms with van der Waals surface area (Å²) >= 11 is 5.91. The fourth-order valence-electron chi connectivity index (χ4n) is 1.24. The van der Waals surface area contributed by atoms with Gasteiger partial charge in [-0.2, -0.15) is 0 Å². The van der Waals surface area contributed by atoms with E-state index in [0.717, 1.165) is 5.56 Å². The average Bonchev–Trinajstić information content (AvgIpc) is 2.12. The first-order chi connectivity index (χ1) is 6.43. The maximum Gasteiger partial charge on any atom is 0.0737 e. The van der Waals surface area contributed by atoms with Crippen molar-refractivity contribution in [1.29, 1.82) is 0 Å². The van der Waals surface area contributed by atoms with Gasteiger partial charge in [0.05, 0.1) is 16.4 Å². The Morgan fingerprint density at radius 3 is 2.21 bits per heavy atom. The van der Waals surface area contributed by atoms with Crippen LogP contribution in [0.4, 0.5) is 11.4 Å². The molecule has 0 unspecified atom stereocenters. The predicted molar refractivity (Wildman–Crippen MR) is 62.0 cm³/mol. The topological polar surface area (TPSA) is 78.1 Å².